The number of para-hydroxylation sites is 1. The first kappa shape index (κ1) is 19.8. The molecule has 5 nitrogen and oxygen atoms in total. The molecule has 0 radical (unpaired) electrons. The number of phenols is 1. The second kappa shape index (κ2) is 8.91. The molecular formula is C25H26N2O3. The fourth-order valence-electron chi connectivity index (χ4n) is 3.57. The molecule has 0 unspecified atom stereocenters. The Balaban J connectivity index is 1.50. The molecule has 0 heterocycles. The van der Waals surface area contributed by atoms with Gasteiger partial charge in [0.15, 0.2) is 11.5 Å². The van der Waals surface area contributed by atoms with Crippen LogP contribution in [0.5, 0.6) is 11.5 Å². The number of carbonyl (C=O) groups excluding carboxylic acids is 1. The molecule has 0 saturated heterocycles. The number of urea groups is 1. The van der Waals surface area contributed by atoms with Gasteiger partial charge in [-0.15, -0.1) is 0 Å². The average molecular weight is 402 g/mol. The van der Waals surface area contributed by atoms with Crippen molar-refractivity contribution in [1.82, 2.24) is 4.90 Å². The third kappa shape index (κ3) is 4.74. The average Bonchev–Trinajstić information content (AvgIpc) is 3.60. The number of anilines is 1. The zero-order valence-electron chi connectivity index (χ0n) is 17.0. The van der Waals surface area contributed by atoms with Gasteiger partial charge in [0.2, 0.25) is 0 Å². The highest BCUT2D eigenvalue weighted by atomic mass is 16.5. The summed E-state index contributed by atoms with van der Waals surface area (Å²) < 4.78 is 5.20. The SMILES string of the molecule is COc1cc(CN(C(=O)Nc2ccccc2Cc2ccccc2)C2CC2)ccc1O. The quantitative estimate of drug-likeness (QED) is 0.572. The Hall–Kier alpha value is -3.47. The highest BCUT2D eigenvalue weighted by Crippen LogP contribution is 2.32. The molecule has 1 aliphatic carbocycles. The van der Waals surface area contributed by atoms with Crippen molar-refractivity contribution < 1.29 is 14.6 Å². The van der Waals surface area contributed by atoms with Crippen LogP contribution in [-0.2, 0) is 13.0 Å². The third-order valence-corrected chi connectivity index (χ3v) is 5.34. The summed E-state index contributed by atoms with van der Waals surface area (Å²) in [6, 6.07) is 23.5. The van der Waals surface area contributed by atoms with Crippen molar-refractivity contribution in [1.29, 1.82) is 0 Å². The number of carbonyl (C=O) groups is 1. The molecule has 2 N–H and O–H groups in total. The monoisotopic (exact) mass is 402 g/mol. The maximum absolute atomic E-state index is 13.2. The van der Waals surface area contributed by atoms with Crippen LogP contribution in [0.25, 0.3) is 0 Å². The topological polar surface area (TPSA) is 61.8 Å². The number of hydrogen-bond acceptors (Lipinski definition) is 3. The molecule has 1 aliphatic rings. The van der Waals surface area contributed by atoms with E-state index in [0.29, 0.717) is 12.3 Å². The number of rotatable bonds is 7. The summed E-state index contributed by atoms with van der Waals surface area (Å²) in [5.74, 6) is 0.510. The van der Waals surface area contributed by atoms with E-state index in [-0.39, 0.29) is 17.8 Å². The Labute approximate surface area is 176 Å². The van der Waals surface area contributed by atoms with Crippen LogP contribution in [0.1, 0.15) is 29.5 Å². The van der Waals surface area contributed by atoms with Gasteiger partial charge in [0.1, 0.15) is 0 Å². The van der Waals surface area contributed by atoms with Crippen molar-refractivity contribution in [2.75, 3.05) is 12.4 Å². The Morgan fingerprint density at radius 1 is 1.03 bits per heavy atom. The highest BCUT2D eigenvalue weighted by molar-refractivity contribution is 5.90. The van der Waals surface area contributed by atoms with Gasteiger partial charge in [-0.1, -0.05) is 54.6 Å². The lowest BCUT2D eigenvalue weighted by atomic mass is 10.0. The van der Waals surface area contributed by atoms with Crippen molar-refractivity contribution in [2.24, 2.45) is 0 Å². The summed E-state index contributed by atoms with van der Waals surface area (Å²) >= 11 is 0. The van der Waals surface area contributed by atoms with E-state index < -0.39 is 0 Å². The molecular weight excluding hydrogens is 376 g/mol. The molecule has 3 aromatic carbocycles. The number of nitrogens with zero attached hydrogens (tertiary/aromatic N) is 1. The fourth-order valence-corrected chi connectivity index (χ4v) is 3.57. The molecule has 0 aliphatic heterocycles. The Morgan fingerprint density at radius 2 is 1.77 bits per heavy atom. The number of methoxy groups -OCH3 is 1. The van der Waals surface area contributed by atoms with Crippen LogP contribution in [0.3, 0.4) is 0 Å². The summed E-state index contributed by atoms with van der Waals surface area (Å²) in [7, 11) is 1.52. The van der Waals surface area contributed by atoms with Gasteiger partial charge in [-0.2, -0.15) is 0 Å². The van der Waals surface area contributed by atoms with E-state index in [1.807, 2.05) is 47.4 Å². The normalized spacial score (nSPS) is 13.0. The number of amides is 2. The van der Waals surface area contributed by atoms with Gasteiger partial charge in [-0.05, 0) is 54.2 Å². The van der Waals surface area contributed by atoms with E-state index in [1.54, 1.807) is 12.1 Å². The first-order valence-electron chi connectivity index (χ1n) is 10.2. The van der Waals surface area contributed by atoms with Crippen LogP contribution in [0, 0.1) is 0 Å². The van der Waals surface area contributed by atoms with Crippen molar-refractivity contribution in [3.63, 3.8) is 0 Å². The van der Waals surface area contributed by atoms with Gasteiger partial charge >= 0.3 is 6.03 Å². The molecule has 0 bridgehead atoms. The minimum Gasteiger partial charge on any atom is -0.504 e. The summed E-state index contributed by atoms with van der Waals surface area (Å²) in [5, 5.41) is 12.9. The fraction of sp³-hybridized carbons (Fsp3) is 0.240. The first-order valence-corrected chi connectivity index (χ1v) is 10.2. The van der Waals surface area contributed by atoms with E-state index in [9.17, 15) is 9.90 Å². The van der Waals surface area contributed by atoms with Crippen molar-refractivity contribution in [3.8, 4) is 11.5 Å². The lowest BCUT2D eigenvalue weighted by molar-refractivity contribution is 0.206. The number of aromatic hydroxyl groups is 1. The third-order valence-electron chi connectivity index (χ3n) is 5.34. The molecule has 0 atom stereocenters. The molecule has 0 aromatic heterocycles. The molecule has 0 spiro atoms. The van der Waals surface area contributed by atoms with E-state index in [1.165, 1.54) is 12.7 Å². The number of phenolic OH excluding ortho intramolecular Hbond substituents is 1. The van der Waals surface area contributed by atoms with E-state index >= 15 is 0 Å². The second-order valence-corrected chi connectivity index (χ2v) is 7.61. The van der Waals surface area contributed by atoms with Crippen molar-refractivity contribution in [2.45, 2.75) is 31.8 Å². The van der Waals surface area contributed by atoms with Crippen LogP contribution in [0.2, 0.25) is 0 Å². The van der Waals surface area contributed by atoms with E-state index in [4.69, 9.17) is 4.74 Å². The van der Waals surface area contributed by atoms with Crippen LogP contribution >= 0.6 is 0 Å². The standard InChI is InChI=1S/C25H26N2O3/c1-30-24-16-19(11-14-23(24)28)17-27(21-12-13-21)25(29)26-22-10-6-5-9-20(22)15-18-7-3-2-4-8-18/h2-11,14,16,21,28H,12-13,15,17H2,1H3,(H,26,29). The molecule has 1 fully saturated rings. The maximum Gasteiger partial charge on any atom is 0.322 e. The smallest absolute Gasteiger partial charge is 0.322 e. The number of ether oxygens (including phenoxy) is 1. The maximum atomic E-state index is 13.2. The number of hydrogen-bond donors (Lipinski definition) is 2. The summed E-state index contributed by atoms with van der Waals surface area (Å²) in [6.07, 6.45) is 2.78. The molecule has 1 saturated carbocycles. The lowest BCUT2D eigenvalue weighted by Crippen LogP contribution is -2.36. The van der Waals surface area contributed by atoms with Crippen LogP contribution in [0.4, 0.5) is 10.5 Å². The molecule has 5 heteroatoms. The van der Waals surface area contributed by atoms with E-state index in [2.05, 4.69) is 23.5 Å². The molecule has 154 valence electrons. The zero-order chi connectivity index (χ0) is 20.9. The largest absolute Gasteiger partial charge is 0.504 e. The minimum atomic E-state index is -0.106. The Bertz CT molecular complexity index is 1020. The molecule has 30 heavy (non-hydrogen) atoms. The van der Waals surface area contributed by atoms with Crippen molar-refractivity contribution in [3.05, 3.63) is 89.5 Å². The number of benzene rings is 3. The highest BCUT2D eigenvalue weighted by Gasteiger charge is 2.33. The molecule has 4 rings (SSSR count). The second-order valence-electron chi connectivity index (χ2n) is 7.61. The predicted octanol–water partition coefficient (Wildman–Crippen LogP) is 5.19. The van der Waals surface area contributed by atoms with Gasteiger partial charge in [0.25, 0.3) is 0 Å². The van der Waals surface area contributed by atoms with Gasteiger partial charge in [0.05, 0.1) is 7.11 Å². The zero-order valence-corrected chi connectivity index (χ0v) is 17.0. The summed E-state index contributed by atoms with van der Waals surface area (Å²) in [5.41, 5.74) is 4.04. The predicted molar refractivity (Wildman–Crippen MR) is 118 cm³/mol. The van der Waals surface area contributed by atoms with Crippen LogP contribution in [-0.4, -0.2) is 29.2 Å². The minimum absolute atomic E-state index is 0.0958. The van der Waals surface area contributed by atoms with Gasteiger partial charge in [-0.3, -0.25) is 0 Å². The molecule has 2 amide bonds. The summed E-state index contributed by atoms with van der Waals surface area (Å²) in [6.45, 7) is 0.466. The van der Waals surface area contributed by atoms with E-state index in [0.717, 1.165) is 36.1 Å². The number of nitrogens with one attached hydrogen (secondary N) is 1. The lowest BCUT2D eigenvalue weighted by Gasteiger charge is -2.24. The van der Waals surface area contributed by atoms with Gasteiger partial charge in [-0.25, -0.2) is 4.79 Å². The first-order chi connectivity index (χ1) is 14.6. The van der Waals surface area contributed by atoms with Gasteiger partial charge < -0.3 is 20.1 Å². The van der Waals surface area contributed by atoms with Crippen LogP contribution in [0.15, 0.2) is 72.8 Å². The Morgan fingerprint density at radius 3 is 2.50 bits per heavy atom. The summed E-state index contributed by atoms with van der Waals surface area (Å²) in [4.78, 5) is 15.0. The Kier molecular flexibility index (Phi) is 5.89. The molecule has 3 aromatic rings. The van der Waals surface area contributed by atoms with Gasteiger partial charge in [0, 0.05) is 18.3 Å². The van der Waals surface area contributed by atoms with Crippen LogP contribution < -0.4 is 10.1 Å². The van der Waals surface area contributed by atoms with Crippen molar-refractivity contribution >= 4 is 11.7 Å².